The van der Waals surface area contributed by atoms with Crippen molar-refractivity contribution in [3.8, 4) is 22.6 Å². The molecule has 0 heterocycles. The second-order valence-corrected chi connectivity index (χ2v) is 7.05. The van der Waals surface area contributed by atoms with Gasteiger partial charge >= 0.3 is 0 Å². The van der Waals surface area contributed by atoms with Crippen molar-refractivity contribution in [1.82, 2.24) is 5.43 Å². The smallest absolute Gasteiger partial charge is 0.277 e. The zero-order valence-corrected chi connectivity index (χ0v) is 16.8. The highest BCUT2D eigenvalue weighted by molar-refractivity contribution is 9.10. The Morgan fingerprint density at radius 1 is 1.11 bits per heavy atom. The summed E-state index contributed by atoms with van der Waals surface area (Å²) in [7, 11) is 0. The fourth-order valence-electron chi connectivity index (χ4n) is 2.59. The molecule has 0 aliphatic rings. The maximum absolute atomic E-state index is 11.9. The van der Waals surface area contributed by atoms with Crippen LogP contribution >= 0.6 is 15.9 Å². The molecule has 0 spiro atoms. The zero-order chi connectivity index (χ0) is 19.9. The van der Waals surface area contributed by atoms with Gasteiger partial charge in [0.05, 0.1) is 6.21 Å². The van der Waals surface area contributed by atoms with Crippen LogP contribution in [-0.4, -0.2) is 23.8 Å². The Labute approximate surface area is 171 Å². The van der Waals surface area contributed by atoms with Crippen molar-refractivity contribution < 1.29 is 14.6 Å². The number of carbonyl (C=O) groups excluding carboxylic acids is 1. The maximum atomic E-state index is 11.9. The molecule has 6 heteroatoms. The van der Waals surface area contributed by atoms with Crippen LogP contribution in [0.2, 0.25) is 0 Å². The van der Waals surface area contributed by atoms with E-state index in [9.17, 15) is 9.90 Å². The van der Waals surface area contributed by atoms with Crippen molar-refractivity contribution in [3.63, 3.8) is 0 Å². The minimum Gasteiger partial charge on any atom is -0.507 e. The Balaban J connectivity index is 1.52. The first kappa shape index (κ1) is 19.6. The lowest BCUT2D eigenvalue weighted by molar-refractivity contribution is -0.123. The van der Waals surface area contributed by atoms with Crippen LogP contribution in [0.25, 0.3) is 11.1 Å². The topological polar surface area (TPSA) is 70.9 Å². The second kappa shape index (κ2) is 9.19. The summed E-state index contributed by atoms with van der Waals surface area (Å²) in [6, 6.07) is 21.0. The average Bonchev–Trinajstić information content (AvgIpc) is 2.71. The van der Waals surface area contributed by atoms with Crippen molar-refractivity contribution in [1.29, 1.82) is 0 Å². The number of halogens is 1. The number of hydrogen-bond donors (Lipinski definition) is 2. The molecule has 5 nitrogen and oxygen atoms in total. The lowest BCUT2D eigenvalue weighted by atomic mass is 10.1. The van der Waals surface area contributed by atoms with E-state index in [0.717, 1.165) is 15.6 Å². The van der Waals surface area contributed by atoms with Gasteiger partial charge in [0.15, 0.2) is 6.61 Å². The minimum atomic E-state index is -0.394. The molecular formula is C22H19BrN2O3. The largest absolute Gasteiger partial charge is 0.507 e. The van der Waals surface area contributed by atoms with Gasteiger partial charge in [-0.3, -0.25) is 4.79 Å². The first-order valence-corrected chi connectivity index (χ1v) is 9.41. The number of aryl methyl sites for hydroxylation is 1. The van der Waals surface area contributed by atoms with Crippen molar-refractivity contribution in [2.75, 3.05) is 6.61 Å². The molecule has 0 atom stereocenters. The minimum absolute atomic E-state index is 0.121. The molecule has 3 rings (SSSR count). The van der Waals surface area contributed by atoms with E-state index < -0.39 is 5.91 Å². The molecule has 1 amide bonds. The van der Waals surface area contributed by atoms with E-state index in [1.807, 2.05) is 54.6 Å². The third-order valence-corrected chi connectivity index (χ3v) is 4.48. The highest BCUT2D eigenvalue weighted by Gasteiger charge is 2.05. The molecule has 0 aliphatic carbocycles. The first-order valence-electron chi connectivity index (χ1n) is 8.62. The first-order chi connectivity index (χ1) is 13.5. The summed E-state index contributed by atoms with van der Waals surface area (Å²) in [5.41, 5.74) is 5.79. The number of rotatable bonds is 6. The number of aromatic hydroxyl groups is 1. The number of benzene rings is 3. The van der Waals surface area contributed by atoms with Gasteiger partial charge in [0, 0.05) is 10.0 Å². The molecular weight excluding hydrogens is 420 g/mol. The van der Waals surface area contributed by atoms with E-state index in [1.54, 1.807) is 19.1 Å². The Morgan fingerprint density at radius 2 is 1.79 bits per heavy atom. The van der Waals surface area contributed by atoms with Crippen LogP contribution in [0.3, 0.4) is 0 Å². The number of phenolic OH excluding ortho intramolecular Hbond substituents is 1. The van der Waals surface area contributed by atoms with Crippen LogP contribution in [0.1, 0.15) is 11.1 Å². The summed E-state index contributed by atoms with van der Waals surface area (Å²) in [5, 5.41) is 13.9. The molecule has 3 aromatic carbocycles. The van der Waals surface area contributed by atoms with Gasteiger partial charge in [-0.15, -0.1) is 0 Å². The standard InChI is InChI=1S/C22H19BrN2O3/c1-15-11-19(23)12-18(22(15)27)13-24-25-21(26)14-28-20-9-7-17(8-10-20)16-5-3-2-4-6-16/h2-13,27H,14H2,1H3,(H,25,26)/b24-13-. The predicted octanol–water partition coefficient (Wildman–Crippen LogP) is 4.66. The Bertz CT molecular complexity index is 987. The van der Waals surface area contributed by atoms with E-state index in [1.165, 1.54) is 6.21 Å². The quantitative estimate of drug-likeness (QED) is 0.434. The number of ether oxygens (including phenoxy) is 1. The highest BCUT2D eigenvalue weighted by Crippen LogP contribution is 2.25. The van der Waals surface area contributed by atoms with Gasteiger partial charge in [-0.2, -0.15) is 5.10 Å². The number of nitrogens with zero attached hydrogens (tertiary/aromatic N) is 1. The fraction of sp³-hybridized carbons (Fsp3) is 0.0909. The Morgan fingerprint density at radius 3 is 2.50 bits per heavy atom. The molecule has 28 heavy (non-hydrogen) atoms. The summed E-state index contributed by atoms with van der Waals surface area (Å²) in [4.78, 5) is 11.9. The molecule has 3 aromatic rings. The molecule has 2 N–H and O–H groups in total. The van der Waals surface area contributed by atoms with Crippen LogP contribution in [0, 0.1) is 6.92 Å². The molecule has 0 saturated heterocycles. The number of hydrazone groups is 1. The lowest BCUT2D eigenvalue weighted by Gasteiger charge is -2.07. The molecule has 0 saturated carbocycles. The summed E-state index contributed by atoms with van der Waals surface area (Å²) in [5.74, 6) is 0.324. The summed E-state index contributed by atoms with van der Waals surface area (Å²) >= 11 is 3.36. The maximum Gasteiger partial charge on any atom is 0.277 e. The van der Waals surface area contributed by atoms with Crippen LogP contribution in [0.4, 0.5) is 0 Å². The van der Waals surface area contributed by atoms with Crippen molar-refractivity contribution in [3.05, 3.63) is 82.3 Å². The molecule has 0 fully saturated rings. The third-order valence-electron chi connectivity index (χ3n) is 4.02. The molecule has 0 aromatic heterocycles. The second-order valence-electron chi connectivity index (χ2n) is 6.13. The average molecular weight is 439 g/mol. The van der Waals surface area contributed by atoms with Crippen molar-refractivity contribution >= 4 is 28.1 Å². The SMILES string of the molecule is Cc1cc(Br)cc(/C=N\NC(=O)COc2ccc(-c3ccccc3)cc2)c1O. The zero-order valence-electron chi connectivity index (χ0n) is 15.2. The van der Waals surface area contributed by atoms with Gasteiger partial charge < -0.3 is 9.84 Å². The molecule has 0 aliphatic heterocycles. The Hall–Kier alpha value is -3.12. The lowest BCUT2D eigenvalue weighted by Crippen LogP contribution is -2.24. The van der Waals surface area contributed by atoms with Crippen LogP contribution in [-0.2, 0) is 4.79 Å². The molecule has 0 radical (unpaired) electrons. The van der Waals surface area contributed by atoms with Crippen molar-refractivity contribution in [2.45, 2.75) is 6.92 Å². The fourth-order valence-corrected chi connectivity index (χ4v) is 3.18. The number of hydrogen-bond acceptors (Lipinski definition) is 4. The Kier molecular flexibility index (Phi) is 6.45. The van der Waals surface area contributed by atoms with Crippen LogP contribution < -0.4 is 10.2 Å². The third kappa shape index (κ3) is 5.20. The van der Waals surface area contributed by atoms with Gasteiger partial charge in [0.25, 0.3) is 5.91 Å². The molecule has 0 unspecified atom stereocenters. The van der Waals surface area contributed by atoms with E-state index in [2.05, 4.69) is 26.5 Å². The van der Waals surface area contributed by atoms with Crippen LogP contribution in [0.5, 0.6) is 11.5 Å². The number of nitrogens with one attached hydrogen (secondary N) is 1. The van der Waals surface area contributed by atoms with E-state index >= 15 is 0 Å². The van der Waals surface area contributed by atoms with E-state index in [-0.39, 0.29) is 12.4 Å². The van der Waals surface area contributed by atoms with E-state index in [0.29, 0.717) is 16.9 Å². The van der Waals surface area contributed by atoms with Gasteiger partial charge in [-0.25, -0.2) is 5.43 Å². The summed E-state index contributed by atoms with van der Waals surface area (Å²) in [6.45, 7) is 1.62. The van der Waals surface area contributed by atoms with Gasteiger partial charge in [0.2, 0.25) is 0 Å². The number of amides is 1. The normalized spacial score (nSPS) is 10.8. The summed E-state index contributed by atoms with van der Waals surface area (Å²) < 4.78 is 6.30. The highest BCUT2D eigenvalue weighted by atomic mass is 79.9. The van der Waals surface area contributed by atoms with E-state index in [4.69, 9.17) is 4.74 Å². The molecule has 142 valence electrons. The summed E-state index contributed by atoms with van der Waals surface area (Å²) in [6.07, 6.45) is 1.39. The van der Waals surface area contributed by atoms with Crippen LogP contribution in [0.15, 0.2) is 76.3 Å². The monoisotopic (exact) mass is 438 g/mol. The number of phenols is 1. The molecule has 0 bridgehead atoms. The van der Waals surface area contributed by atoms with Gasteiger partial charge in [0.1, 0.15) is 11.5 Å². The van der Waals surface area contributed by atoms with Gasteiger partial charge in [-0.1, -0.05) is 58.4 Å². The van der Waals surface area contributed by atoms with Gasteiger partial charge in [-0.05, 0) is 47.9 Å². The number of carbonyl (C=O) groups is 1. The van der Waals surface area contributed by atoms with Crippen molar-refractivity contribution in [2.24, 2.45) is 5.10 Å². The predicted molar refractivity (Wildman–Crippen MR) is 114 cm³/mol.